The van der Waals surface area contributed by atoms with E-state index in [-0.39, 0.29) is 11.7 Å². The van der Waals surface area contributed by atoms with Crippen molar-refractivity contribution in [3.8, 4) is 0 Å². The van der Waals surface area contributed by atoms with Gasteiger partial charge in [0.05, 0.1) is 0 Å². The van der Waals surface area contributed by atoms with E-state index >= 15 is 0 Å². The number of ether oxygens (including phenoxy) is 1. The number of amides is 1. The summed E-state index contributed by atoms with van der Waals surface area (Å²) < 4.78 is 5.63. The second kappa shape index (κ2) is 8.53. The maximum Gasteiger partial charge on any atom is 0.329 e. The van der Waals surface area contributed by atoms with E-state index in [4.69, 9.17) is 4.74 Å². The number of aromatic nitrogens is 1. The molecule has 1 amide bonds. The quantitative estimate of drug-likeness (QED) is 0.475. The summed E-state index contributed by atoms with van der Waals surface area (Å²) in [6, 6.07) is 15.4. The minimum absolute atomic E-state index is 0.272. The number of aromatic amines is 1. The van der Waals surface area contributed by atoms with Crippen LogP contribution < -0.4 is 5.32 Å². The zero-order chi connectivity index (χ0) is 21.9. The minimum atomic E-state index is -1.12. The molecular formula is C24H26N2O4. The van der Waals surface area contributed by atoms with Gasteiger partial charge in [-0.15, -0.1) is 0 Å². The number of H-pyrrole nitrogens is 1. The normalized spacial score (nSPS) is 13.5. The smallest absolute Gasteiger partial charge is 0.329 e. The van der Waals surface area contributed by atoms with Gasteiger partial charge in [0.1, 0.15) is 6.04 Å². The summed E-state index contributed by atoms with van der Waals surface area (Å²) in [6.07, 6.45) is 0.508. The van der Waals surface area contributed by atoms with Gasteiger partial charge in [-0.2, -0.15) is 0 Å². The van der Waals surface area contributed by atoms with Crippen LogP contribution in [0.3, 0.4) is 0 Å². The third kappa shape index (κ3) is 4.59. The number of nitrogens with one attached hydrogen (secondary N) is 2. The van der Waals surface area contributed by atoms with E-state index in [0.29, 0.717) is 11.1 Å². The van der Waals surface area contributed by atoms with E-state index in [0.717, 1.165) is 10.9 Å². The summed E-state index contributed by atoms with van der Waals surface area (Å²) in [5.41, 5.74) is 1.19. The fourth-order valence-corrected chi connectivity index (χ4v) is 3.01. The Bertz CT molecular complexity index is 1060. The molecule has 0 aliphatic rings. The number of fused-ring (bicyclic) bond motifs is 1. The van der Waals surface area contributed by atoms with Gasteiger partial charge >= 0.3 is 5.97 Å². The summed E-state index contributed by atoms with van der Waals surface area (Å²) in [5, 5.41) is 3.41. The molecule has 1 aromatic heterocycles. The Morgan fingerprint density at radius 1 is 0.967 bits per heavy atom. The number of carbonyl (C=O) groups is 3. The van der Waals surface area contributed by atoms with Crippen LogP contribution in [0, 0.1) is 5.41 Å². The molecule has 6 heteroatoms. The van der Waals surface area contributed by atoms with Gasteiger partial charge in [0, 0.05) is 33.6 Å². The molecule has 6 nitrogen and oxygen atoms in total. The van der Waals surface area contributed by atoms with Crippen molar-refractivity contribution in [3.63, 3.8) is 0 Å². The minimum Gasteiger partial charge on any atom is -0.447 e. The summed E-state index contributed by atoms with van der Waals surface area (Å²) in [7, 11) is 0. The molecule has 0 bridgehead atoms. The molecule has 0 spiro atoms. The third-order valence-electron chi connectivity index (χ3n) is 4.81. The van der Waals surface area contributed by atoms with Gasteiger partial charge in [-0.1, -0.05) is 69.3 Å². The first-order chi connectivity index (χ1) is 14.2. The predicted molar refractivity (Wildman–Crippen MR) is 115 cm³/mol. The van der Waals surface area contributed by atoms with E-state index in [1.165, 1.54) is 0 Å². The average molecular weight is 406 g/mol. The highest BCUT2D eigenvalue weighted by Gasteiger charge is 2.31. The molecule has 0 aliphatic heterocycles. The average Bonchev–Trinajstić information content (AvgIpc) is 3.15. The Morgan fingerprint density at radius 2 is 1.60 bits per heavy atom. The molecule has 3 rings (SSSR count). The molecule has 1 heterocycles. The molecule has 156 valence electrons. The maximum atomic E-state index is 13.4. The molecule has 30 heavy (non-hydrogen) atoms. The van der Waals surface area contributed by atoms with Crippen LogP contribution in [-0.4, -0.2) is 28.7 Å². The number of hydrogen-bond acceptors (Lipinski definition) is 4. The molecule has 2 N–H and O–H groups in total. The topological polar surface area (TPSA) is 88.3 Å². The molecule has 3 aromatic rings. The van der Waals surface area contributed by atoms with E-state index in [1.807, 2.05) is 30.3 Å². The van der Waals surface area contributed by atoms with Crippen LogP contribution in [0.15, 0.2) is 60.8 Å². The number of hydrogen-bond donors (Lipinski definition) is 2. The van der Waals surface area contributed by atoms with Crippen LogP contribution in [0.25, 0.3) is 10.9 Å². The van der Waals surface area contributed by atoms with Gasteiger partial charge in [-0.05, 0) is 13.0 Å². The Hall–Kier alpha value is -3.41. The van der Waals surface area contributed by atoms with Crippen LogP contribution in [0.4, 0.5) is 0 Å². The van der Waals surface area contributed by atoms with Crippen LogP contribution in [-0.2, 0) is 14.3 Å². The summed E-state index contributed by atoms with van der Waals surface area (Å²) in [5.74, 6) is -1.28. The highest BCUT2D eigenvalue weighted by atomic mass is 16.5. The standard InChI is InChI=1S/C24H26N2O4/c1-15(26-23(29)24(2,3)4)22(28)30-21(16-10-6-5-7-11-16)20(27)18-14-25-19-13-9-8-12-17(18)19/h5-15,21,25H,1-4H3,(H,26,29). The fraction of sp³-hybridized carbons (Fsp3) is 0.292. The molecule has 2 atom stereocenters. The van der Waals surface area contributed by atoms with Crippen molar-refractivity contribution in [1.29, 1.82) is 0 Å². The van der Waals surface area contributed by atoms with E-state index in [9.17, 15) is 14.4 Å². The Kier molecular flexibility index (Phi) is 6.06. The highest BCUT2D eigenvalue weighted by molar-refractivity contribution is 6.10. The molecule has 0 saturated heterocycles. The van der Waals surface area contributed by atoms with E-state index < -0.39 is 23.5 Å². The number of Topliss-reactive ketones (excluding diaryl/α,β-unsaturated/α-hetero) is 1. The van der Waals surface area contributed by atoms with Gasteiger partial charge in [-0.3, -0.25) is 9.59 Å². The summed E-state index contributed by atoms with van der Waals surface area (Å²) in [6.45, 7) is 6.82. The second-order valence-electron chi connectivity index (χ2n) is 8.28. The Balaban J connectivity index is 1.88. The van der Waals surface area contributed by atoms with Crippen LogP contribution in [0.1, 0.15) is 49.7 Å². The molecule has 0 fully saturated rings. The maximum absolute atomic E-state index is 13.4. The number of benzene rings is 2. The number of para-hydroxylation sites is 1. The third-order valence-corrected chi connectivity index (χ3v) is 4.81. The molecular weight excluding hydrogens is 380 g/mol. The first-order valence-electron chi connectivity index (χ1n) is 9.85. The van der Waals surface area contributed by atoms with Crippen LogP contribution in [0.2, 0.25) is 0 Å². The van der Waals surface area contributed by atoms with Crippen molar-refractivity contribution < 1.29 is 19.1 Å². The van der Waals surface area contributed by atoms with Crippen molar-refractivity contribution in [2.75, 3.05) is 0 Å². The highest BCUT2D eigenvalue weighted by Crippen LogP contribution is 2.27. The van der Waals surface area contributed by atoms with E-state index in [1.54, 1.807) is 58.2 Å². The lowest BCUT2D eigenvalue weighted by Gasteiger charge is -2.23. The van der Waals surface area contributed by atoms with Crippen LogP contribution in [0.5, 0.6) is 0 Å². The summed E-state index contributed by atoms with van der Waals surface area (Å²) >= 11 is 0. The summed E-state index contributed by atoms with van der Waals surface area (Å²) in [4.78, 5) is 41.4. The lowest BCUT2D eigenvalue weighted by molar-refractivity contribution is -0.151. The van der Waals surface area contributed by atoms with Crippen molar-refractivity contribution in [1.82, 2.24) is 10.3 Å². The number of rotatable bonds is 6. The SMILES string of the molecule is CC(NC(=O)C(C)(C)C)C(=O)OC(C(=O)c1c[nH]c2ccccc12)c1ccccc1. The molecule has 0 saturated carbocycles. The van der Waals surface area contributed by atoms with Gasteiger partial charge in [0.2, 0.25) is 11.7 Å². The number of carbonyl (C=O) groups excluding carboxylic acids is 3. The molecule has 2 aromatic carbocycles. The Morgan fingerprint density at radius 3 is 2.27 bits per heavy atom. The van der Waals surface area contributed by atoms with Crippen molar-refractivity contribution in [2.24, 2.45) is 5.41 Å². The van der Waals surface area contributed by atoms with Gasteiger partial charge in [0.25, 0.3) is 0 Å². The molecule has 0 aliphatic carbocycles. The number of ketones is 1. The fourth-order valence-electron chi connectivity index (χ4n) is 3.01. The first-order valence-corrected chi connectivity index (χ1v) is 9.85. The second-order valence-corrected chi connectivity index (χ2v) is 8.28. The Labute approximate surface area is 175 Å². The zero-order valence-corrected chi connectivity index (χ0v) is 17.6. The first kappa shape index (κ1) is 21.3. The largest absolute Gasteiger partial charge is 0.447 e. The number of esters is 1. The predicted octanol–water partition coefficient (Wildman–Crippen LogP) is 4.19. The van der Waals surface area contributed by atoms with Gasteiger partial charge in [-0.25, -0.2) is 4.79 Å². The monoisotopic (exact) mass is 406 g/mol. The van der Waals surface area contributed by atoms with Gasteiger partial charge < -0.3 is 15.0 Å². The van der Waals surface area contributed by atoms with Crippen LogP contribution >= 0.6 is 0 Å². The molecule has 0 radical (unpaired) electrons. The van der Waals surface area contributed by atoms with Crippen molar-refractivity contribution in [3.05, 3.63) is 71.9 Å². The van der Waals surface area contributed by atoms with Crippen molar-refractivity contribution in [2.45, 2.75) is 39.8 Å². The zero-order valence-electron chi connectivity index (χ0n) is 17.6. The lowest BCUT2D eigenvalue weighted by Crippen LogP contribution is -2.45. The van der Waals surface area contributed by atoms with Crippen molar-refractivity contribution >= 4 is 28.6 Å². The lowest BCUT2D eigenvalue weighted by atomic mass is 9.95. The molecule has 2 unspecified atom stereocenters. The van der Waals surface area contributed by atoms with E-state index in [2.05, 4.69) is 10.3 Å². The van der Waals surface area contributed by atoms with Gasteiger partial charge in [0.15, 0.2) is 6.10 Å².